The largest absolute Gasteiger partial charge is 0.453 e. The molecule has 0 saturated carbocycles. The first-order valence-electron chi connectivity index (χ1n) is 4.40. The molecule has 1 aromatic carbocycles. The molecule has 1 amide bonds. The summed E-state index contributed by atoms with van der Waals surface area (Å²) in [6, 6.07) is 5.41. The van der Waals surface area contributed by atoms with Crippen LogP contribution in [0.4, 0.5) is 16.2 Å². The van der Waals surface area contributed by atoms with Crippen molar-refractivity contribution in [3.63, 3.8) is 0 Å². The van der Waals surface area contributed by atoms with Crippen LogP contribution < -0.4 is 11.1 Å². The van der Waals surface area contributed by atoms with Crippen LogP contribution in [0.15, 0.2) is 18.2 Å². The van der Waals surface area contributed by atoms with Gasteiger partial charge in [-0.3, -0.25) is 5.32 Å². The number of hydrogen-bond donors (Lipinski definition) is 2. The molecule has 3 N–H and O–H groups in total. The van der Waals surface area contributed by atoms with E-state index in [-0.39, 0.29) is 0 Å². The molecule has 0 aliphatic heterocycles. The second-order valence-electron chi connectivity index (χ2n) is 2.88. The topological polar surface area (TPSA) is 64.3 Å². The van der Waals surface area contributed by atoms with Crippen molar-refractivity contribution in [3.8, 4) is 0 Å². The van der Waals surface area contributed by atoms with Gasteiger partial charge in [0.25, 0.3) is 0 Å². The summed E-state index contributed by atoms with van der Waals surface area (Å²) in [5, 5.41) is 2.54. The molecule has 14 heavy (non-hydrogen) atoms. The van der Waals surface area contributed by atoms with Gasteiger partial charge in [-0.1, -0.05) is 13.0 Å². The molecule has 0 heterocycles. The number of ether oxygens (including phenoxy) is 1. The number of carbonyl (C=O) groups is 1. The second kappa shape index (κ2) is 4.50. The van der Waals surface area contributed by atoms with Crippen LogP contribution in [-0.2, 0) is 11.2 Å². The number of aryl methyl sites for hydroxylation is 1. The van der Waals surface area contributed by atoms with Gasteiger partial charge < -0.3 is 10.5 Å². The smallest absolute Gasteiger partial charge is 0.411 e. The molecule has 4 heteroatoms. The lowest BCUT2D eigenvalue weighted by Gasteiger charge is -2.07. The molecule has 1 rings (SSSR count). The van der Waals surface area contributed by atoms with E-state index in [9.17, 15) is 4.79 Å². The van der Waals surface area contributed by atoms with E-state index >= 15 is 0 Å². The summed E-state index contributed by atoms with van der Waals surface area (Å²) in [7, 11) is 1.32. The number of methoxy groups -OCH3 is 1. The number of nitrogens with one attached hydrogen (secondary N) is 1. The van der Waals surface area contributed by atoms with E-state index < -0.39 is 6.09 Å². The molecule has 0 spiro atoms. The van der Waals surface area contributed by atoms with Crippen LogP contribution >= 0.6 is 0 Å². The molecular weight excluding hydrogens is 180 g/mol. The Labute approximate surface area is 83.1 Å². The highest BCUT2D eigenvalue weighted by Crippen LogP contribution is 2.18. The summed E-state index contributed by atoms with van der Waals surface area (Å²) in [6.07, 6.45) is 0.387. The van der Waals surface area contributed by atoms with Crippen LogP contribution in [0.25, 0.3) is 0 Å². The molecule has 76 valence electrons. The summed E-state index contributed by atoms with van der Waals surface area (Å²) in [4.78, 5) is 10.9. The lowest BCUT2D eigenvalue weighted by Crippen LogP contribution is -2.11. The van der Waals surface area contributed by atoms with Gasteiger partial charge in [-0.2, -0.15) is 0 Å². The Morgan fingerprint density at radius 3 is 2.79 bits per heavy atom. The van der Waals surface area contributed by atoms with E-state index in [4.69, 9.17) is 5.73 Å². The van der Waals surface area contributed by atoms with E-state index in [2.05, 4.69) is 10.1 Å². The first-order valence-corrected chi connectivity index (χ1v) is 4.40. The lowest BCUT2D eigenvalue weighted by atomic mass is 10.1. The highest BCUT2D eigenvalue weighted by molar-refractivity contribution is 5.85. The summed E-state index contributed by atoms with van der Waals surface area (Å²) >= 11 is 0. The third kappa shape index (κ3) is 2.39. The lowest BCUT2D eigenvalue weighted by molar-refractivity contribution is 0.187. The monoisotopic (exact) mass is 194 g/mol. The molecule has 0 aliphatic rings. The van der Waals surface area contributed by atoms with Gasteiger partial charge in [0, 0.05) is 11.4 Å². The number of nitrogen functional groups attached to an aromatic ring is 1. The van der Waals surface area contributed by atoms with Crippen LogP contribution in [-0.4, -0.2) is 13.2 Å². The zero-order valence-corrected chi connectivity index (χ0v) is 8.33. The van der Waals surface area contributed by atoms with E-state index in [1.54, 1.807) is 12.1 Å². The van der Waals surface area contributed by atoms with Crippen molar-refractivity contribution in [2.75, 3.05) is 18.2 Å². The number of anilines is 2. The standard InChI is InChI=1S/C10H14N2O2/c1-3-7-4-5-8(6-9(7)11)12-10(13)14-2/h4-6H,3,11H2,1-2H3,(H,12,13). The van der Waals surface area contributed by atoms with Gasteiger partial charge in [-0.25, -0.2) is 4.79 Å². The Balaban J connectivity index is 2.81. The molecule has 4 nitrogen and oxygen atoms in total. The number of nitrogens with two attached hydrogens (primary N) is 1. The fourth-order valence-electron chi connectivity index (χ4n) is 1.16. The summed E-state index contributed by atoms with van der Waals surface area (Å²) in [5.74, 6) is 0. The number of benzene rings is 1. The van der Waals surface area contributed by atoms with Crippen molar-refractivity contribution in [2.24, 2.45) is 0 Å². The third-order valence-electron chi connectivity index (χ3n) is 1.96. The third-order valence-corrected chi connectivity index (χ3v) is 1.96. The number of carbonyl (C=O) groups excluding carboxylic acids is 1. The molecular formula is C10H14N2O2. The number of rotatable bonds is 2. The highest BCUT2D eigenvalue weighted by Gasteiger charge is 2.02. The Bertz CT molecular complexity index is 337. The van der Waals surface area contributed by atoms with Crippen LogP contribution in [0.2, 0.25) is 0 Å². The number of amides is 1. The minimum absolute atomic E-state index is 0.492. The maximum Gasteiger partial charge on any atom is 0.411 e. The van der Waals surface area contributed by atoms with E-state index in [1.165, 1.54) is 7.11 Å². The Hall–Kier alpha value is -1.71. The molecule has 1 aromatic rings. The van der Waals surface area contributed by atoms with Gasteiger partial charge in [0.05, 0.1) is 7.11 Å². The van der Waals surface area contributed by atoms with Crippen LogP contribution in [0, 0.1) is 0 Å². The van der Waals surface area contributed by atoms with Crippen LogP contribution in [0.5, 0.6) is 0 Å². The fraction of sp³-hybridized carbons (Fsp3) is 0.300. The van der Waals surface area contributed by atoms with Crippen molar-refractivity contribution in [1.82, 2.24) is 0 Å². The predicted octanol–water partition coefficient (Wildman–Crippen LogP) is 2.01. The Morgan fingerprint density at radius 1 is 1.57 bits per heavy atom. The molecule has 0 saturated heterocycles. The van der Waals surface area contributed by atoms with Gasteiger partial charge in [0.2, 0.25) is 0 Å². The Morgan fingerprint density at radius 2 is 2.29 bits per heavy atom. The Kier molecular flexibility index (Phi) is 3.34. The maximum atomic E-state index is 10.9. The van der Waals surface area contributed by atoms with Crippen molar-refractivity contribution in [3.05, 3.63) is 23.8 Å². The molecule has 0 fully saturated rings. The summed E-state index contributed by atoms with van der Waals surface area (Å²) in [5.41, 5.74) is 8.15. The summed E-state index contributed by atoms with van der Waals surface area (Å²) in [6.45, 7) is 2.03. The van der Waals surface area contributed by atoms with E-state index in [0.29, 0.717) is 11.4 Å². The van der Waals surface area contributed by atoms with Gasteiger partial charge in [0.15, 0.2) is 0 Å². The predicted molar refractivity (Wildman–Crippen MR) is 56.3 cm³/mol. The number of hydrogen-bond acceptors (Lipinski definition) is 3. The molecule has 0 atom stereocenters. The average Bonchev–Trinajstić information content (AvgIpc) is 2.18. The molecule has 0 bridgehead atoms. The van der Waals surface area contributed by atoms with Crippen molar-refractivity contribution in [2.45, 2.75) is 13.3 Å². The van der Waals surface area contributed by atoms with Crippen LogP contribution in [0.1, 0.15) is 12.5 Å². The van der Waals surface area contributed by atoms with Gasteiger partial charge >= 0.3 is 6.09 Å². The van der Waals surface area contributed by atoms with Gasteiger partial charge in [0.1, 0.15) is 0 Å². The van der Waals surface area contributed by atoms with Crippen molar-refractivity contribution >= 4 is 17.5 Å². The van der Waals surface area contributed by atoms with Crippen LogP contribution in [0.3, 0.4) is 0 Å². The molecule has 0 unspecified atom stereocenters. The minimum atomic E-state index is -0.492. The van der Waals surface area contributed by atoms with E-state index in [1.807, 2.05) is 13.0 Å². The highest BCUT2D eigenvalue weighted by atomic mass is 16.5. The minimum Gasteiger partial charge on any atom is -0.453 e. The zero-order valence-electron chi connectivity index (χ0n) is 8.33. The first-order chi connectivity index (χ1) is 6.67. The quantitative estimate of drug-likeness (QED) is 0.708. The van der Waals surface area contributed by atoms with Crippen molar-refractivity contribution in [1.29, 1.82) is 0 Å². The summed E-state index contributed by atoms with van der Waals surface area (Å²) < 4.78 is 4.46. The average molecular weight is 194 g/mol. The van der Waals surface area contributed by atoms with Gasteiger partial charge in [-0.05, 0) is 24.1 Å². The molecule has 0 aliphatic carbocycles. The first kappa shape index (κ1) is 10.4. The SMILES string of the molecule is CCc1ccc(NC(=O)OC)cc1N. The molecule has 0 aromatic heterocycles. The maximum absolute atomic E-state index is 10.9. The van der Waals surface area contributed by atoms with Crippen molar-refractivity contribution < 1.29 is 9.53 Å². The van der Waals surface area contributed by atoms with E-state index in [0.717, 1.165) is 12.0 Å². The second-order valence-corrected chi connectivity index (χ2v) is 2.88. The molecule has 0 radical (unpaired) electrons. The fourth-order valence-corrected chi connectivity index (χ4v) is 1.16. The zero-order chi connectivity index (χ0) is 10.6. The normalized spacial score (nSPS) is 9.57. The van der Waals surface area contributed by atoms with Gasteiger partial charge in [-0.15, -0.1) is 0 Å².